The minimum Gasteiger partial charge on any atom is -0.342 e. The Morgan fingerprint density at radius 2 is 1.38 bits per heavy atom. The van der Waals surface area contributed by atoms with E-state index < -0.39 is 5.41 Å². The third-order valence-corrected chi connectivity index (χ3v) is 6.60. The Bertz CT molecular complexity index is 726. The highest BCUT2D eigenvalue weighted by molar-refractivity contribution is 6.07. The van der Waals surface area contributed by atoms with Crippen LogP contribution in [-0.2, 0) is 9.59 Å². The number of hydrogen-bond donors (Lipinski definition) is 0. The molecular weight excluding hydrogens is 362 g/mol. The molecule has 3 aliphatic rings. The van der Waals surface area contributed by atoms with Crippen molar-refractivity contribution in [3.05, 3.63) is 42.0 Å². The van der Waals surface area contributed by atoms with E-state index in [-0.39, 0.29) is 11.8 Å². The zero-order valence-corrected chi connectivity index (χ0v) is 17.4. The quantitative estimate of drug-likeness (QED) is 0.720. The van der Waals surface area contributed by atoms with Crippen molar-refractivity contribution in [3.63, 3.8) is 0 Å². The zero-order chi connectivity index (χ0) is 20.1. The number of amides is 2. The Morgan fingerprint density at radius 1 is 0.793 bits per heavy atom. The second-order valence-corrected chi connectivity index (χ2v) is 8.69. The average Bonchev–Trinajstić information content (AvgIpc) is 3.59. The Kier molecular flexibility index (Phi) is 6.34. The molecule has 1 saturated carbocycles. The fourth-order valence-corrected chi connectivity index (χ4v) is 4.56. The Balaban J connectivity index is 1.27. The highest BCUT2D eigenvalue weighted by atomic mass is 16.2. The van der Waals surface area contributed by atoms with Crippen molar-refractivity contribution in [1.29, 1.82) is 0 Å². The Labute approximate surface area is 174 Å². The molecule has 0 unspecified atom stereocenters. The molecule has 156 valence electrons. The van der Waals surface area contributed by atoms with Crippen LogP contribution in [0.5, 0.6) is 0 Å². The summed E-state index contributed by atoms with van der Waals surface area (Å²) in [5.74, 6) is 0.198. The highest BCUT2D eigenvalue weighted by Crippen LogP contribution is 2.49. The van der Waals surface area contributed by atoms with E-state index in [9.17, 15) is 9.59 Å². The SMILES string of the molecule is O=C(N1CCCCCC1)C1(C(=O)N2CCN(C/C=C/c3ccccc3)CC2)CC1. The van der Waals surface area contributed by atoms with Crippen LogP contribution in [0.15, 0.2) is 36.4 Å². The van der Waals surface area contributed by atoms with Crippen molar-refractivity contribution in [2.24, 2.45) is 5.41 Å². The van der Waals surface area contributed by atoms with Gasteiger partial charge in [-0.25, -0.2) is 0 Å². The second kappa shape index (κ2) is 9.12. The van der Waals surface area contributed by atoms with Crippen molar-refractivity contribution in [2.45, 2.75) is 38.5 Å². The van der Waals surface area contributed by atoms with Crippen molar-refractivity contribution in [3.8, 4) is 0 Å². The molecule has 2 aliphatic heterocycles. The number of rotatable bonds is 5. The van der Waals surface area contributed by atoms with E-state index in [2.05, 4.69) is 29.2 Å². The summed E-state index contributed by atoms with van der Waals surface area (Å²) >= 11 is 0. The van der Waals surface area contributed by atoms with Crippen LogP contribution in [0.25, 0.3) is 6.08 Å². The van der Waals surface area contributed by atoms with Crippen molar-refractivity contribution >= 4 is 17.9 Å². The van der Waals surface area contributed by atoms with Gasteiger partial charge in [-0.05, 0) is 31.2 Å². The maximum atomic E-state index is 13.2. The fraction of sp³-hybridized carbons (Fsp3) is 0.583. The molecule has 0 aromatic heterocycles. The third-order valence-electron chi connectivity index (χ3n) is 6.60. The lowest BCUT2D eigenvalue weighted by Crippen LogP contribution is -2.53. The maximum absolute atomic E-state index is 13.2. The molecule has 0 radical (unpaired) electrons. The van der Waals surface area contributed by atoms with Gasteiger partial charge in [-0.3, -0.25) is 14.5 Å². The third kappa shape index (κ3) is 4.72. The summed E-state index contributed by atoms with van der Waals surface area (Å²) in [6.07, 6.45) is 10.4. The van der Waals surface area contributed by atoms with E-state index >= 15 is 0 Å². The number of carbonyl (C=O) groups is 2. The number of carbonyl (C=O) groups excluding carboxylic acids is 2. The molecule has 2 heterocycles. The maximum Gasteiger partial charge on any atom is 0.238 e. The molecule has 1 aromatic rings. The smallest absolute Gasteiger partial charge is 0.238 e. The van der Waals surface area contributed by atoms with E-state index in [0.717, 1.165) is 71.5 Å². The average molecular weight is 396 g/mol. The molecule has 3 fully saturated rings. The largest absolute Gasteiger partial charge is 0.342 e. The lowest BCUT2D eigenvalue weighted by molar-refractivity contribution is -0.150. The molecule has 1 aliphatic carbocycles. The summed E-state index contributed by atoms with van der Waals surface area (Å²) in [5, 5.41) is 0. The Hall–Kier alpha value is -2.14. The summed E-state index contributed by atoms with van der Waals surface area (Å²) in [7, 11) is 0. The lowest BCUT2D eigenvalue weighted by Gasteiger charge is -2.36. The van der Waals surface area contributed by atoms with Gasteiger partial charge in [0.1, 0.15) is 5.41 Å². The lowest BCUT2D eigenvalue weighted by atomic mass is 10.0. The first-order valence-corrected chi connectivity index (χ1v) is 11.2. The first kappa shape index (κ1) is 20.1. The fourth-order valence-electron chi connectivity index (χ4n) is 4.56. The van der Waals surface area contributed by atoms with Gasteiger partial charge in [0.2, 0.25) is 11.8 Å². The number of benzene rings is 1. The predicted octanol–water partition coefficient (Wildman–Crippen LogP) is 3.03. The molecule has 0 atom stereocenters. The molecule has 1 aromatic carbocycles. The van der Waals surface area contributed by atoms with Crippen molar-refractivity contribution in [1.82, 2.24) is 14.7 Å². The molecule has 5 nitrogen and oxygen atoms in total. The molecule has 0 spiro atoms. The normalized spacial score (nSPS) is 22.5. The van der Waals surface area contributed by atoms with Crippen LogP contribution in [0.2, 0.25) is 0 Å². The van der Waals surface area contributed by atoms with Crippen LogP contribution in [0, 0.1) is 5.41 Å². The van der Waals surface area contributed by atoms with Gasteiger partial charge in [-0.2, -0.15) is 0 Å². The van der Waals surface area contributed by atoms with Gasteiger partial charge < -0.3 is 9.80 Å². The summed E-state index contributed by atoms with van der Waals surface area (Å²) in [6.45, 7) is 5.76. The van der Waals surface area contributed by atoms with Crippen LogP contribution < -0.4 is 0 Å². The van der Waals surface area contributed by atoms with Crippen LogP contribution in [0.4, 0.5) is 0 Å². The topological polar surface area (TPSA) is 43.9 Å². The van der Waals surface area contributed by atoms with Gasteiger partial charge in [0.25, 0.3) is 0 Å². The van der Waals surface area contributed by atoms with Crippen molar-refractivity contribution in [2.75, 3.05) is 45.8 Å². The van der Waals surface area contributed by atoms with E-state index in [1.54, 1.807) is 0 Å². The van der Waals surface area contributed by atoms with Gasteiger partial charge in [0, 0.05) is 45.8 Å². The van der Waals surface area contributed by atoms with Crippen LogP contribution in [0.1, 0.15) is 44.1 Å². The first-order valence-electron chi connectivity index (χ1n) is 11.2. The highest BCUT2D eigenvalue weighted by Gasteiger charge is 2.59. The van der Waals surface area contributed by atoms with Gasteiger partial charge >= 0.3 is 0 Å². The minimum atomic E-state index is -0.722. The summed E-state index contributed by atoms with van der Waals surface area (Å²) in [5.41, 5.74) is 0.490. The number of piperazine rings is 1. The van der Waals surface area contributed by atoms with Gasteiger partial charge in [0.05, 0.1) is 0 Å². The summed E-state index contributed by atoms with van der Waals surface area (Å²) in [6, 6.07) is 10.3. The summed E-state index contributed by atoms with van der Waals surface area (Å²) in [4.78, 5) is 32.6. The van der Waals surface area contributed by atoms with Gasteiger partial charge in [0.15, 0.2) is 0 Å². The molecule has 2 amide bonds. The molecule has 5 heteroatoms. The standard InChI is InChI=1S/C24H33N3O2/c28-22(26-15-6-1-2-7-16-26)24(12-13-24)23(29)27-19-17-25(18-20-27)14-8-11-21-9-4-3-5-10-21/h3-5,8-11H,1-2,6-7,12-20H2/b11-8+. The first-order chi connectivity index (χ1) is 14.2. The van der Waals surface area contributed by atoms with E-state index in [0.29, 0.717) is 0 Å². The molecule has 29 heavy (non-hydrogen) atoms. The molecular formula is C24H33N3O2. The van der Waals surface area contributed by atoms with Crippen LogP contribution in [-0.4, -0.2) is 72.3 Å². The minimum absolute atomic E-state index is 0.0891. The number of nitrogens with zero attached hydrogens (tertiary/aromatic N) is 3. The second-order valence-electron chi connectivity index (χ2n) is 8.69. The molecule has 0 bridgehead atoms. The number of hydrogen-bond acceptors (Lipinski definition) is 3. The van der Waals surface area contributed by atoms with Crippen LogP contribution >= 0.6 is 0 Å². The predicted molar refractivity (Wildman–Crippen MR) is 115 cm³/mol. The van der Waals surface area contributed by atoms with Gasteiger partial charge in [-0.15, -0.1) is 0 Å². The van der Waals surface area contributed by atoms with E-state index in [1.807, 2.05) is 28.0 Å². The van der Waals surface area contributed by atoms with Gasteiger partial charge in [-0.1, -0.05) is 55.3 Å². The molecule has 4 rings (SSSR count). The van der Waals surface area contributed by atoms with Crippen molar-refractivity contribution < 1.29 is 9.59 Å². The molecule has 0 N–H and O–H groups in total. The molecule has 2 saturated heterocycles. The van der Waals surface area contributed by atoms with Crippen LogP contribution in [0.3, 0.4) is 0 Å². The van der Waals surface area contributed by atoms with E-state index in [4.69, 9.17) is 0 Å². The number of likely N-dealkylation sites (tertiary alicyclic amines) is 1. The monoisotopic (exact) mass is 395 g/mol. The zero-order valence-electron chi connectivity index (χ0n) is 17.4. The summed E-state index contributed by atoms with van der Waals surface area (Å²) < 4.78 is 0. The van der Waals surface area contributed by atoms with E-state index in [1.165, 1.54) is 18.4 Å². The Morgan fingerprint density at radius 3 is 1.97 bits per heavy atom.